The van der Waals surface area contributed by atoms with Crippen molar-refractivity contribution in [2.45, 2.75) is 25.4 Å². The van der Waals surface area contributed by atoms with E-state index in [0.29, 0.717) is 23.2 Å². The van der Waals surface area contributed by atoms with E-state index in [1.54, 1.807) is 18.2 Å². The Bertz CT molecular complexity index is 1260. The minimum Gasteiger partial charge on any atom is -0.423 e. The van der Waals surface area contributed by atoms with Crippen LogP contribution in [0.1, 0.15) is 18.4 Å². The van der Waals surface area contributed by atoms with Gasteiger partial charge in [0.25, 0.3) is 0 Å². The summed E-state index contributed by atoms with van der Waals surface area (Å²) in [5.74, 6) is 0. The zero-order valence-corrected chi connectivity index (χ0v) is 17.2. The maximum atomic E-state index is 12.4. The van der Waals surface area contributed by atoms with Crippen molar-refractivity contribution in [2.75, 3.05) is 18.0 Å². The molecule has 1 saturated heterocycles. The van der Waals surface area contributed by atoms with Gasteiger partial charge in [-0.25, -0.2) is 4.79 Å². The van der Waals surface area contributed by atoms with Gasteiger partial charge in [0.15, 0.2) is 0 Å². The fourth-order valence-corrected chi connectivity index (χ4v) is 4.48. The number of halogens is 1. The van der Waals surface area contributed by atoms with E-state index >= 15 is 0 Å². The van der Waals surface area contributed by atoms with Gasteiger partial charge in [0, 0.05) is 40.6 Å². The Morgan fingerprint density at radius 1 is 1.10 bits per heavy atom. The van der Waals surface area contributed by atoms with Crippen LogP contribution in [-0.2, 0) is 6.54 Å². The van der Waals surface area contributed by atoms with Crippen molar-refractivity contribution < 1.29 is 4.42 Å². The number of benzene rings is 2. The van der Waals surface area contributed by atoms with E-state index in [1.165, 1.54) is 5.56 Å². The van der Waals surface area contributed by atoms with Crippen LogP contribution in [0.4, 0.5) is 5.69 Å². The molecule has 0 saturated carbocycles. The molecule has 152 valence electrons. The van der Waals surface area contributed by atoms with Crippen LogP contribution in [0.5, 0.6) is 0 Å². The van der Waals surface area contributed by atoms with E-state index in [-0.39, 0.29) is 5.63 Å². The second-order valence-corrected chi connectivity index (χ2v) is 8.17. The molecular weight excluding hydrogens is 398 g/mol. The molecule has 6 heteroatoms. The van der Waals surface area contributed by atoms with Gasteiger partial charge in [-0.2, -0.15) is 0 Å². The zero-order valence-electron chi connectivity index (χ0n) is 16.5. The Balaban J connectivity index is 1.62. The Morgan fingerprint density at radius 2 is 1.97 bits per heavy atom. The lowest BCUT2D eigenvalue weighted by atomic mass is 10.0. The molecular formula is C24H22ClN3O2. The summed E-state index contributed by atoms with van der Waals surface area (Å²) in [5.41, 5.74) is 3.25. The van der Waals surface area contributed by atoms with E-state index in [0.717, 1.165) is 47.9 Å². The second kappa shape index (κ2) is 8.09. The average molecular weight is 420 g/mol. The summed E-state index contributed by atoms with van der Waals surface area (Å²) in [6.07, 6.45) is 3.83. The first kappa shape index (κ1) is 19.1. The Morgan fingerprint density at radius 3 is 2.83 bits per heavy atom. The van der Waals surface area contributed by atoms with Gasteiger partial charge < -0.3 is 14.6 Å². The first-order chi connectivity index (χ1) is 14.7. The summed E-state index contributed by atoms with van der Waals surface area (Å²) >= 11 is 6.29. The topological polar surface area (TPSA) is 58.4 Å². The maximum absolute atomic E-state index is 12.4. The number of piperidine rings is 1. The molecule has 0 amide bonds. The lowest BCUT2D eigenvalue weighted by molar-refractivity contribution is 0.428. The molecule has 0 atom stereocenters. The van der Waals surface area contributed by atoms with Gasteiger partial charge >= 0.3 is 5.63 Å². The third-order valence-electron chi connectivity index (χ3n) is 5.76. The van der Waals surface area contributed by atoms with Crippen molar-refractivity contribution in [3.8, 4) is 0 Å². The number of anilines is 1. The summed E-state index contributed by atoms with van der Waals surface area (Å²) in [7, 11) is 0. The standard InChI is InChI=1S/C24H22ClN3O2/c25-18-4-6-23-20(13-18)22(14-24(29)30-23)28(19-7-10-26-11-8-19)15-16-3-5-21-17(12-16)2-1-9-27-21/h1-6,9,12-14,19,26H,7-8,10-11,15H2. The molecule has 0 unspecified atom stereocenters. The molecule has 0 aliphatic carbocycles. The monoisotopic (exact) mass is 419 g/mol. The van der Waals surface area contributed by atoms with Gasteiger partial charge in [-0.3, -0.25) is 4.98 Å². The second-order valence-electron chi connectivity index (χ2n) is 7.73. The van der Waals surface area contributed by atoms with E-state index in [9.17, 15) is 4.79 Å². The van der Waals surface area contributed by atoms with Crippen LogP contribution in [0.15, 0.2) is 70.0 Å². The van der Waals surface area contributed by atoms with Gasteiger partial charge in [-0.05, 0) is 67.9 Å². The van der Waals surface area contributed by atoms with Crippen molar-refractivity contribution >= 4 is 39.2 Å². The molecule has 5 nitrogen and oxygen atoms in total. The molecule has 1 aliphatic rings. The molecule has 0 bridgehead atoms. The summed E-state index contributed by atoms with van der Waals surface area (Å²) in [5, 5.41) is 6.03. The van der Waals surface area contributed by atoms with Crippen LogP contribution < -0.4 is 15.8 Å². The maximum Gasteiger partial charge on any atom is 0.338 e. The van der Waals surface area contributed by atoms with Crippen LogP contribution in [0, 0.1) is 0 Å². The number of hydrogen-bond acceptors (Lipinski definition) is 5. The number of nitrogens with zero attached hydrogens (tertiary/aromatic N) is 2. The molecule has 0 spiro atoms. The Kier molecular flexibility index (Phi) is 5.15. The zero-order chi connectivity index (χ0) is 20.5. The highest BCUT2D eigenvalue weighted by Gasteiger charge is 2.24. The predicted octanol–water partition coefficient (Wildman–Crippen LogP) is 4.75. The third-order valence-corrected chi connectivity index (χ3v) is 6.00. The number of aromatic nitrogens is 1. The Hall–Kier alpha value is -2.89. The number of pyridine rings is 1. The first-order valence-corrected chi connectivity index (χ1v) is 10.6. The van der Waals surface area contributed by atoms with Crippen molar-refractivity contribution in [3.63, 3.8) is 0 Å². The highest BCUT2D eigenvalue weighted by Crippen LogP contribution is 2.32. The Labute approximate surface area is 179 Å². The largest absolute Gasteiger partial charge is 0.423 e. The SMILES string of the molecule is O=c1cc(N(Cc2ccc3ncccc3c2)C2CCNCC2)c2cc(Cl)ccc2o1. The number of hydrogen-bond donors (Lipinski definition) is 1. The highest BCUT2D eigenvalue weighted by atomic mass is 35.5. The molecule has 2 aromatic heterocycles. The summed E-state index contributed by atoms with van der Waals surface area (Å²) < 4.78 is 5.44. The summed E-state index contributed by atoms with van der Waals surface area (Å²) in [4.78, 5) is 19.1. The highest BCUT2D eigenvalue weighted by molar-refractivity contribution is 6.31. The smallest absolute Gasteiger partial charge is 0.338 e. The summed E-state index contributed by atoms with van der Waals surface area (Å²) in [6, 6.07) is 17.7. The molecule has 4 aromatic rings. The molecule has 5 rings (SSSR count). The van der Waals surface area contributed by atoms with Crippen molar-refractivity contribution in [3.05, 3.63) is 81.8 Å². The van der Waals surface area contributed by atoms with Crippen LogP contribution in [-0.4, -0.2) is 24.1 Å². The first-order valence-electron chi connectivity index (χ1n) is 10.2. The van der Waals surface area contributed by atoms with Gasteiger partial charge in [-0.1, -0.05) is 23.7 Å². The summed E-state index contributed by atoms with van der Waals surface area (Å²) in [6.45, 7) is 2.62. The van der Waals surface area contributed by atoms with Crippen molar-refractivity contribution in [1.29, 1.82) is 0 Å². The molecule has 0 radical (unpaired) electrons. The number of nitrogens with one attached hydrogen (secondary N) is 1. The fraction of sp³-hybridized carbons (Fsp3) is 0.250. The minimum atomic E-state index is -0.346. The fourth-order valence-electron chi connectivity index (χ4n) is 4.31. The van der Waals surface area contributed by atoms with Gasteiger partial charge in [0.1, 0.15) is 5.58 Å². The molecule has 1 N–H and O–H groups in total. The number of rotatable bonds is 4. The lowest BCUT2D eigenvalue weighted by Crippen LogP contribution is -2.43. The number of fused-ring (bicyclic) bond motifs is 2. The minimum absolute atomic E-state index is 0.319. The van der Waals surface area contributed by atoms with Crippen LogP contribution in [0.2, 0.25) is 5.02 Å². The average Bonchev–Trinajstić information content (AvgIpc) is 2.78. The molecule has 1 aliphatic heterocycles. The van der Waals surface area contributed by atoms with E-state index < -0.39 is 0 Å². The van der Waals surface area contributed by atoms with Crippen molar-refractivity contribution in [2.24, 2.45) is 0 Å². The molecule has 30 heavy (non-hydrogen) atoms. The van der Waals surface area contributed by atoms with Crippen LogP contribution in [0.25, 0.3) is 21.9 Å². The van der Waals surface area contributed by atoms with E-state index in [1.807, 2.05) is 18.3 Å². The van der Waals surface area contributed by atoms with Crippen molar-refractivity contribution in [1.82, 2.24) is 10.3 Å². The van der Waals surface area contributed by atoms with Crippen LogP contribution in [0.3, 0.4) is 0 Å². The third kappa shape index (κ3) is 3.78. The van der Waals surface area contributed by atoms with Crippen LogP contribution >= 0.6 is 11.6 Å². The van der Waals surface area contributed by atoms with Gasteiger partial charge in [-0.15, -0.1) is 0 Å². The van der Waals surface area contributed by atoms with Gasteiger partial charge in [0.2, 0.25) is 0 Å². The predicted molar refractivity (Wildman–Crippen MR) is 121 cm³/mol. The van der Waals surface area contributed by atoms with E-state index in [2.05, 4.69) is 39.5 Å². The molecule has 2 aromatic carbocycles. The normalized spacial score (nSPS) is 15.0. The van der Waals surface area contributed by atoms with E-state index in [4.69, 9.17) is 16.0 Å². The van der Waals surface area contributed by atoms with Gasteiger partial charge in [0.05, 0.1) is 11.2 Å². The molecule has 3 heterocycles. The lowest BCUT2D eigenvalue weighted by Gasteiger charge is -2.37. The molecule has 1 fully saturated rings. The quantitative estimate of drug-likeness (QED) is 0.483.